The molecule has 1 amide bonds. The normalized spacial score (nSPS) is 16.7. The van der Waals surface area contributed by atoms with Crippen molar-refractivity contribution in [3.05, 3.63) is 35.9 Å². The zero-order valence-corrected chi connectivity index (χ0v) is 18.8. The van der Waals surface area contributed by atoms with Gasteiger partial charge in [0, 0.05) is 44.2 Å². The number of nitrogens with zero attached hydrogens (tertiary/aromatic N) is 5. The van der Waals surface area contributed by atoms with Crippen LogP contribution in [0.25, 0.3) is 0 Å². The SMILES string of the molecule is CCN(C(=O)c1cc(F)ccc1Oc1nncnc1N1CCC2(CNC2)C1)C(C)C.Cl. The summed E-state index contributed by atoms with van der Waals surface area (Å²) in [5.74, 6) is 0.258. The smallest absolute Gasteiger partial charge is 0.282 e. The molecule has 0 aliphatic carbocycles. The minimum absolute atomic E-state index is 0. The van der Waals surface area contributed by atoms with Crippen LogP contribution in [0.1, 0.15) is 37.6 Å². The van der Waals surface area contributed by atoms with E-state index in [0.29, 0.717) is 12.4 Å². The summed E-state index contributed by atoms with van der Waals surface area (Å²) in [6.07, 6.45) is 2.46. The van der Waals surface area contributed by atoms with Gasteiger partial charge in [-0.2, -0.15) is 0 Å². The highest BCUT2D eigenvalue weighted by Crippen LogP contribution is 2.39. The monoisotopic (exact) mass is 450 g/mol. The Hall–Kier alpha value is -2.52. The molecule has 8 nitrogen and oxygen atoms in total. The Morgan fingerprint density at radius 1 is 1.39 bits per heavy atom. The maximum Gasteiger partial charge on any atom is 0.282 e. The summed E-state index contributed by atoms with van der Waals surface area (Å²) in [4.78, 5) is 21.3. The van der Waals surface area contributed by atoms with Gasteiger partial charge in [0.2, 0.25) is 0 Å². The minimum atomic E-state index is -0.498. The molecule has 0 saturated carbocycles. The lowest BCUT2D eigenvalue weighted by molar-refractivity contribution is 0.0713. The molecule has 0 radical (unpaired) electrons. The van der Waals surface area contributed by atoms with Crippen molar-refractivity contribution in [3.8, 4) is 11.6 Å². The van der Waals surface area contributed by atoms with Crippen molar-refractivity contribution in [1.82, 2.24) is 25.4 Å². The van der Waals surface area contributed by atoms with Crippen molar-refractivity contribution in [2.75, 3.05) is 37.6 Å². The molecular formula is C21H28ClFN6O2. The standard InChI is InChI=1S/C21H27FN6O2.ClH/c1-4-28(14(2)3)20(29)16-9-15(22)5-6-17(16)30-19-18(24-13-25-26-19)27-8-7-21(12-27)10-23-11-21;/h5-6,9,13-14,23H,4,7-8,10-12H2,1-3H3;1H. The first kappa shape index (κ1) is 23.1. The Balaban J connectivity index is 0.00000272. The Labute approximate surface area is 187 Å². The molecule has 0 unspecified atom stereocenters. The van der Waals surface area contributed by atoms with Crippen molar-refractivity contribution in [2.45, 2.75) is 33.2 Å². The quantitative estimate of drug-likeness (QED) is 0.724. The van der Waals surface area contributed by atoms with E-state index in [1.54, 1.807) is 4.90 Å². The van der Waals surface area contributed by atoms with Crippen molar-refractivity contribution < 1.29 is 13.9 Å². The van der Waals surface area contributed by atoms with Crippen molar-refractivity contribution in [2.24, 2.45) is 5.41 Å². The van der Waals surface area contributed by atoms with Crippen LogP contribution in [0.2, 0.25) is 0 Å². The summed E-state index contributed by atoms with van der Waals surface area (Å²) in [6, 6.07) is 3.91. The lowest BCUT2D eigenvalue weighted by Crippen LogP contribution is -2.54. The van der Waals surface area contributed by atoms with E-state index in [0.717, 1.165) is 32.6 Å². The van der Waals surface area contributed by atoms with Crippen LogP contribution in [0, 0.1) is 11.2 Å². The Bertz CT molecular complexity index is 940. The van der Waals surface area contributed by atoms with E-state index >= 15 is 0 Å². The van der Waals surface area contributed by atoms with Crippen LogP contribution < -0.4 is 15.0 Å². The van der Waals surface area contributed by atoms with Gasteiger partial charge in [-0.05, 0) is 45.4 Å². The number of ether oxygens (including phenoxy) is 1. The van der Waals surface area contributed by atoms with Gasteiger partial charge >= 0.3 is 0 Å². The third-order valence-corrected chi connectivity index (χ3v) is 5.91. The van der Waals surface area contributed by atoms with Gasteiger partial charge < -0.3 is 19.9 Å². The van der Waals surface area contributed by atoms with E-state index in [-0.39, 0.29) is 47.0 Å². The van der Waals surface area contributed by atoms with Gasteiger partial charge in [0.15, 0.2) is 5.82 Å². The Kier molecular flexibility index (Phi) is 6.96. The molecule has 2 aliphatic heterocycles. The first-order chi connectivity index (χ1) is 14.4. The highest BCUT2D eigenvalue weighted by atomic mass is 35.5. The van der Waals surface area contributed by atoms with E-state index in [1.807, 2.05) is 20.8 Å². The average molecular weight is 451 g/mol. The molecule has 3 heterocycles. The van der Waals surface area contributed by atoms with Gasteiger partial charge in [-0.1, -0.05) is 0 Å². The van der Waals surface area contributed by atoms with Crippen molar-refractivity contribution in [1.29, 1.82) is 0 Å². The van der Waals surface area contributed by atoms with Crippen LogP contribution in [0.3, 0.4) is 0 Å². The van der Waals surface area contributed by atoms with Crippen LogP contribution in [-0.2, 0) is 0 Å². The fourth-order valence-corrected chi connectivity index (χ4v) is 4.19. The van der Waals surface area contributed by atoms with Gasteiger partial charge in [0.25, 0.3) is 11.8 Å². The molecule has 10 heteroatoms. The topological polar surface area (TPSA) is 83.5 Å². The second-order valence-corrected chi connectivity index (χ2v) is 8.29. The van der Waals surface area contributed by atoms with E-state index < -0.39 is 5.82 Å². The number of nitrogens with one attached hydrogen (secondary N) is 1. The van der Waals surface area contributed by atoms with E-state index in [2.05, 4.69) is 25.4 Å². The summed E-state index contributed by atoms with van der Waals surface area (Å²) in [5.41, 5.74) is 0.432. The number of aromatic nitrogens is 3. The molecule has 1 aromatic carbocycles. The second-order valence-electron chi connectivity index (χ2n) is 8.29. The predicted octanol–water partition coefficient (Wildman–Crippen LogP) is 2.90. The zero-order valence-electron chi connectivity index (χ0n) is 18.0. The average Bonchev–Trinajstić information content (AvgIpc) is 3.16. The number of carbonyl (C=O) groups is 1. The summed E-state index contributed by atoms with van der Waals surface area (Å²) in [5, 5.41) is 11.3. The fourth-order valence-electron chi connectivity index (χ4n) is 4.19. The highest BCUT2D eigenvalue weighted by Gasteiger charge is 2.44. The molecule has 1 N–H and O–H groups in total. The molecule has 2 fully saturated rings. The molecular weight excluding hydrogens is 423 g/mol. The predicted molar refractivity (Wildman–Crippen MR) is 118 cm³/mol. The molecule has 4 rings (SSSR count). The number of rotatable bonds is 6. The van der Waals surface area contributed by atoms with Crippen LogP contribution in [0.5, 0.6) is 11.6 Å². The molecule has 31 heavy (non-hydrogen) atoms. The molecule has 2 saturated heterocycles. The van der Waals surface area contributed by atoms with E-state index in [9.17, 15) is 9.18 Å². The molecule has 0 atom stereocenters. The number of benzene rings is 1. The van der Waals surface area contributed by atoms with Crippen LogP contribution in [0.15, 0.2) is 24.5 Å². The van der Waals surface area contributed by atoms with Gasteiger partial charge in [0.1, 0.15) is 17.9 Å². The summed E-state index contributed by atoms with van der Waals surface area (Å²) >= 11 is 0. The van der Waals surface area contributed by atoms with Crippen LogP contribution in [0.4, 0.5) is 10.2 Å². The van der Waals surface area contributed by atoms with Gasteiger partial charge in [-0.15, -0.1) is 22.6 Å². The van der Waals surface area contributed by atoms with Crippen molar-refractivity contribution >= 4 is 24.1 Å². The number of hydrogen-bond acceptors (Lipinski definition) is 7. The van der Waals surface area contributed by atoms with Crippen LogP contribution >= 0.6 is 12.4 Å². The molecule has 2 aromatic rings. The number of hydrogen-bond donors (Lipinski definition) is 1. The first-order valence-electron chi connectivity index (χ1n) is 10.3. The van der Waals surface area contributed by atoms with Gasteiger partial charge in [0.05, 0.1) is 5.56 Å². The largest absolute Gasteiger partial charge is 0.434 e. The van der Waals surface area contributed by atoms with E-state index in [1.165, 1.54) is 24.5 Å². The summed E-state index contributed by atoms with van der Waals surface area (Å²) in [6.45, 7) is 9.95. The first-order valence-corrected chi connectivity index (χ1v) is 10.3. The maximum absolute atomic E-state index is 14.0. The van der Waals surface area contributed by atoms with Crippen LogP contribution in [-0.4, -0.2) is 64.8 Å². The molecule has 1 aromatic heterocycles. The minimum Gasteiger partial charge on any atom is -0.434 e. The third-order valence-electron chi connectivity index (χ3n) is 5.91. The van der Waals surface area contributed by atoms with Gasteiger partial charge in [-0.25, -0.2) is 9.37 Å². The summed E-state index contributed by atoms with van der Waals surface area (Å²) in [7, 11) is 0. The number of amides is 1. The highest BCUT2D eigenvalue weighted by molar-refractivity contribution is 5.97. The number of anilines is 1. The summed E-state index contributed by atoms with van der Waals surface area (Å²) < 4.78 is 20.0. The fraction of sp³-hybridized carbons (Fsp3) is 0.524. The lowest BCUT2D eigenvalue weighted by atomic mass is 9.81. The maximum atomic E-state index is 14.0. The number of halogens is 2. The number of carbonyl (C=O) groups excluding carboxylic acids is 1. The lowest BCUT2D eigenvalue weighted by Gasteiger charge is -2.39. The Morgan fingerprint density at radius 2 is 2.16 bits per heavy atom. The molecule has 1 spiro atoms. The molecule has 2 aliphatic rings. The third kappa shape index (κ3) is 4.57. The van der Waals surface area contributed by atoms with E-state index in [4.69, 9.17) is 4.74 Å². The zero-order chi connectivity index (χ0) is 21.3. The van der Waals surface area contributed by atoms with Crippen molar-refractivity contribution in [3.63, 3.8) is 0 Å². The second kappa shape index (κ2) is 9.32. The van der Waals surface area contributed by atoms with Gasteiger partial charge in [-0.3, -0.25) is 4.79 Å². The Morgan fingerprint density at radius 3 is 2.77 bits per heavy atom. The molecule has 168 valence electrons. The molecule has 0 bridgehead atoms.